The molecule has 3 N–H and O–H groups in total. The van der Waals surface area contributed by atoms with Crippen molar-refractivity contribution >= 4 is 35.2 Å². The zero-order chi connectivity index (χ0) is 16.8. The van der Waals surface area contributed by atoms with E-state index in [0.717, 1.165) is 10.5 Å². The fraction of sp³-hybridized carbons (Fsp3) is 0.125. The van der Waals surface area contributed by atoms with Crippen LogP contribution in [0, 0.1) is 6.92 Å². The lowest BCUT2D eigenvalue weighted by Gasteiger charge is -2.09. The van der Waals surface area contributed by atoms with E-state index in [4.69, 9.17) is 11.6 Å². The summed E-state index contributed by atoms with van der Waals surface area (Å²) in [6.07, 6.45) is 0. The lowest BCUT2D eigenvalue weighted by atomic mass is 10.2. The molecule has 0 saturated heterocycles. The Morgan fingerprint density at radius 1 is 1.13 bits per heavy atom. The number of benzene rings is 2. The Bertz CT molecular complexity index is 720. The molecule has 120 valence electrons. The lowest BCUT2D eigenvalue weighted by Crippen LogP contribution is -2.42. The van der Waals surface area contributed by atoms with Gasteiger partial charge in [0.05, 0.1) is 11.3 Å². The summed E-state index contributed by atoms with van der Waals surface area (Å²) < 4.78 is 0. The minimum Gasteiger partial charge on any atom is -0.507 e. The number of hydrogen-bond acceptors (Lipinski definition) is 4. The number of aromatic hydroxyl groups is 1. The van der Waals surface area contributed by atoms with Gasteiger partial charge >= 0.3 is 0 Å². The first-order chi connectivity index (χ1) is 11.0. The first kappa shape index (κ1) is 17.2. The molecule has 2 aromatic carbocycles. The van der Waals surface area contributed by atoms with Gasteiger partial charge in [0.2, 0.25) is 5.91 Å². The van der Waals surface area contributed by atoms with Crippen LogP contribution in [0.2, 0.25) is 5.02 Å². The Hall–Kier alpha value is -2.18. The number of halogens is 1. The van der Waals surface area contributed by atoms with Gasteiger partial charge in [0.25, 0.3) is 5.91 Å². The molecule has 0 fully saturated rings. The largest absolute Gasteiger partial charge is 0.507 e. The SMILES string of the molecule is Cc1ccc(SCC(=O)NNC(=O)c2cc(Cl)ccc2O)cc1. The zero-order valence-corrected chi connectivity index (χ0v) is 13.9. The summed E-state index contributed by atoms with van der Waals surface area (Å²) in [6.45, 7) is 1.99. The molecule has 0 saturated carbocycles. The van der Waals surface area contributed by atoms with E-state index in [1.54, 1.807) is 0 Å². The van der Waals surface area contributed by atoms with Crippen LogP contribution in [0.3, 0.4) is 0 Å². The number of thioether (sulfide) groups is 1. The molecule has 0 aliphatic heterocycles. The first-order valence-electron chi connectivity index (χ1n) is 6.73. The predicted molar refractivity (Wildman–Crippen MR) is 90.6 cm³/mol. The number of hydrazine groups is 1. The van der Waals surface area contributed by atoms with Crippen LogP contribution in [0.5, 0.6) is 5.75 Å². The van der Waals surface area contributed by atoms with Gasteiger partial charge in [-0.2, -0.15) is 0 Å². The first-order valence-corrected chi connectivity index (χ1v) is 8.09. The second kappa shape index (κ2) is 7.89. The van der Waals surface area contributed by atoms with Gasteiger partial charge < -0.3 is 5.11 Å². The molecular formula is C16H15ClN2O3S. The van der Waals surface area contributed by atoms with Gasteiger partial charge in [-0.1, -0.05) is 29.3 Å². The maximum absolute atomic E-state index is 11.9. The van der Waals surface area contributed by atoms with E-state index in [1.807, 2.05) is 31.2 Å². The highest BCUT2D eigenvalue weighted by Crippen LogP contribution is 2.21. The van der Waals surface area contributed by atoms with E-state index >= 15 is 0 Å². The third kappa shape index (κ3) is 5.19. The second-order valence-corrected chi connectivity index (χ2v) is 6.25. The number of nitrogens with one attached hydrogen (secondary N) is 2. The molecule has 7 heteroatoms. The van der Waals surface area contributed by atoms with Crippen LogP contribution in [-0.4, -0.2) is 22.7 Å². The van der Waals surface area contributed by atoms with Crippen molar-refractivity contribution in [2.75, 3.05) is 5.75 Å². The molecule has 5 nitrogen and oxygen atoms in total. The Balaban J connectivity index is 1.83. The maximum atomic E-state index is 11.9. The number of hydrogen-bond donors (Lipinski definition) is 3. The molecule has 0 unspecified atom stereocenters. The Kier molecular flexibility index (Phi) is 5.90. The summed E-state index contributed by atoms with van der Waals surface area (Å²) in [5.74, 6) is -1.05. The number of amides is 2. The molecule has 0 aliphatic carbocycles. The van der Waals surface area contributed by atoms with Crippen LogP contribution in [0.4, 0.5) is 0 Å². The van der Waals surface area contributed by atoms with Gasteiger partial charge in [-0.05, 0) is 37.3 Å². The van der Waals surface area contributed by atoms with Crippen LogP contribution in [0.25, 0.3) is 0 Å². The highest BCUT2D eigenvalue weighted by molar-refractivity contribution is 8.00. The number of carbonyl (C=O) groups excluding carboxylic acids is 2. The third-order valence-corrected chi connectivity index (χ3v) is 4.16. The van der Waals surface area contributed by atoms with Crippen molar-refractivity contribution in [3.05, 3.63) is 58.6 Å². The average Bonchev–Trinajstić information content (AvgIpc) is 2.54. The second-order valence-electron chi connectivity index (χ2n) is 4.77. The average molecular weight is 351 g/mol. The lowest BCUT2D eigenvalue weighted by molar-refractivity contribution is -0.119. The minimum atomic E-state index is -0.640. The third-order valence-electron chi connectivity index (χ3n) is 2.91. The quantitative estimate of drug-likeness (QED) is 0.585. The maximum Gasteiger partial charge on any atom is 0.273 e. The van der Waals surface area contributed by atoms with Crippen molar-refractivity contribution in [2.45, 2.75) is 11.8 Å². The van der Waals surface area contributed by atoms with Crippen LogP contribution >= 0.6 is 23.4 Å². The normalized spacial score (nSPS) is 10.2. The van der Waals surface area contributed by atoms with Crippen molar-refractivity contribution in [3.63, 3.8) is 0 Å². The molecule has 0 bridgehead atoms. The van der Waals surface area contributed by atoms with Crippen molar-refractivity contribution in [1.29, 1.82) is 0 Å². The molecule has 0 aromatic heterocycles. The summed E-state index contributed by atoms with van der Waals surface area (Å²) in [4.78, 5) is 24.6. The smallest absolute Gasteiger partial charge is 0.273 e. The summed E-state index contributed by atoms with van der Waals surface area (Å²) in [6, 6.07) is 11.9. The van der Waals surface area contributed by atoms with Gasteiger partial charge in [0, 0.05) is 9.92 Å². The predicted octanol–water partition coefficient (Wildman–Crippen LogP) is 2.91. The molecule has 2 aromatic rings. The highest BCUT2D eigenvalue weighted by atomic mass is 35.5. The van der Waals surface area contributed by atoms with E-state index < -0.39 is 5.91 Å². The van der Waals surface area contributed by atoms with E-state index in [0.29, 0.717) is 5.02 Å². The van der Waals surface area contributed by atoms with Gasteiger partial charge in [0.1, 0.15) is 5.75 Å². The molecule has 0 heterocycles. The van der Waals surface area contributed by atoms with Crippen LogP contribution < -0.4 is 10.9 Å². The van der Waals surface area contributed by atoms with Crippen LogP contribution in [0.15, 0.2) is 47.4 Å². The van der Waals surface area contributed by atoms with Gasteiger partial charge in [-0.3, -0.25) is 20.4 Å². The fourth-order valence-electron chi connectivity index (χ4n) is 1.70. The Morgan fingerprint density at radius 2 is 1.83 bits per heavy atom. The highest BCUT2D eigenvalue weighted by Gasteiger charge is 2.12. The summed E-state index contributed by atoms with van der Waals surface area (Å²) >= 11 is 7.13. The number of phenols is 1. The number of carbonyl (C=O) groups is 2. The van der Waals surface area contributed by atoms with Crippen molar-refractivity contribution in [1.82, 2.24) is 10.9 Å². The van der Waals surface area contributed by atoms with E-state index in [1.165, 1.54) is 30.0 Å². The summed E-state index contributed by atoms with van der Waals surface area (Å²) in [7, 11) is 0. The van der Waals surface area contributed by atoms with Crippen LogP contribution in [0.1, 0.15) is 15.9 Å². The van der Waals surface area contributed by atoms with Gasteiger partial charge in [-0.15, -0.1) is 11.8 Å². The van der Waals surface area contributed by atoms with Gasteiger partial charge in [0.15, 0.2) is 0 Å². The monoisotopic (exact) mass is 350 g/mol. The van der Waals surface area contributed by atoms with Gasteiger partial charge in [-0.25, -0.2) is 0 Å². The standard InChI is InChI=1S/C16H15ClN2O3S/c1-10-2-5-12(6-3-10)23-9-15(21)18-19-16(22)13-8-11(17)4-7-14(13)20/h2-8,20H,9H2,1H3,(H,18,21)(H,19,22). The van der Waals surface area contributed by atoms with Crippen molar-refractivity contribution in [2.24, 2.45) is 0 Å². The molecule has 2 rings (SSSR count). The fourth-order valence-corrected chi connectivity index (χ4v) is 2.57. The Labute approximate surface area is 143 Å². The molecular weight excluding hydrogens is 336 g/mol. The Morgan fingerprint density at radius 3 is 2.52 bits per heavy atom. The topological polar surface area (TPSA) is 78.4 Å². The van der Waals surface area contributed by atoms with Crippen LogP contribution in [-0.2, 0) is 4.79 Å². The number of aryl methyl sites for hydroxylation is 1. The minimum absolute atomic E-state index is 0.0102. The van der Waals surface area contributed by atoms with Crippen molar-refractivity contribution in [3.8, 4) is 5.75 Å². The zero-order valence-electron chi connectivity index (χ0n) is 12.3. The van der Waals surface area contributed by atoms with Crippen molar-refractivity contribution < 1.29 is 14.7 Å². The van der Waals surface area contributed by atoms with E-state index in [2.05, 4.69) is 10.9 Å². The number of rotatable bonds is 4. The number of phenolic OH excluding ortho intramolecular Hbond substituents is 1. The molecule has 0 spiro atoms. The summed E-state index contributed by atoms with van der Waals surface area (Å²) in [5.41, 5.74) is 5.67. The van der Waals surface area contributed by atoms with E-state index in [-0.39, 0.29) is 23.0 Å². The van der Waals surface area contributed by atoms with E-state index in [9.17, 15) is 14.7 Å². The molecule has 0 atom stereocenters. The molecule has 0 aliphatic rings. The molecule has 23 heavy (non-hydrogen) atoms. The molecule has 0 radical (unpaired) electrons. The summed E-state index contributed by atoms with van der Waals surface area (Å²) in [5, 5.41) is 9.92. The molecule has 2 amide bonds.